The Morgan fingerprint density at radius 2 is 1.76 bits per heavy atom. The molecular weight excluding hydrogens is 412 g/mol. The van der Waals surface area contributed by atoms with Crippen molar-refractivity contribution in [1.82, 2.24) is 0 Å². The first kappa shape index (κ1) is 21.6. The van der Waals surface area contributed by atoms with Crippen LogP contribution in [0.1, 0.15) is 30.5 Å². The van der Waals surface area contributed by atoms with Crippen LogP contribution in [0.15, 0.2) is 71.6 Å². The topological polar surface area (TPSA) is 23.5 Å². The second-order valence-electron chi connectivity index (χ2n) is 6.67. The molecule has 0 amide bonds. The molecule has 3 rings (SSSR count). The molecule has 0 aliphatic carbocycles. The molecule has 3 aromatic carbocycles. The summed E-state index contributed by atoms with van der Waals surface area (Å²) < 4.78 is 30.4. The van der Waals surface area contributed by atoms with Crippen molar-refractivity contribution >= 4 is 29.2 Å². The van der Waals surface area contributed by atoms with E-state index in [4.69, 9.17) is 11.6 Å². The number of halogens is 3. The zero-order chi connectivity index (χ0) is 20.8. The highest BCUT2D eigenvalue weighted by molar-refractivity contribution is 8.00. The Kier molecular flexibility index (Phi) is 7.53. The van der Waals surface area contributed by atoms with Crippen LogP contribution in [0.5, 0.6) is 0 Å². The summed E-state index contributed by atoms with van der Waals surface area (Å²) in [5.41, 5.74) is 2.26. The average molecular weight is 434 g/mol. The number of benzene rings is 3. The molecule has 152 valence electrons. The minimum absolute atomic E-state index is 0.102. The van der Waals surface area contributed by atoms with Crippen molar-refractivity contribution < 1.29 is 13.9 Å². The smallest absolute Gasteiger partial charge is 0.147 e. The first-order valence-corrected chi connectivity index (χ1v) is 10.5. The fraction of sp³-hybridized carbons (Fsp3) is 0.217. The zero-order valence-corrected chi connectivity index (χ0v) is 17.6. The predicted molar refractivity (Wildman–Crippen MR) is 116 cm³/mol. The molecule has 0 fully saturated rings. The molecule has 3 aromatic rings. The highest BCUT2D eigenvalue weighted by Crippen LogP contribution is 2.40. The van der Waals surface area contributed by atoms with Gasteiger partial charge in [-0.3, -0.25) is 0 Å². The van der Waals surface area contributed by atoms with Crippen molar-refractivity contribution in [2.45, 2.75) is 30.7 Å². The van der Waals surface area contributed by atoms with Crippen LogP contribution >= 0.6 is 23.5 Å². The van der Waals surface area contributed by atoms with Crippen molar-refractivity contribution in [3.05, 3.63) is 94.5 Å². The fourth-order valence-electron chi connectivity index (χ4n) is 3.17. The summed E-state index contributed by atoms with van der Waals surface area (Å²) in [5.74, 6) is -0.989. The lowest BCUT2D eigenvalue weighted by atomic mass is 9.97. The van der Waals surface area contributed by atoms with Crippen LogP contribution in [0.3, 0.4) is 0 Å². The standard InChI is InChI=1S/C23H22ClF2NOS/c1-16(21-7-3-2-5-17(21)6-4-14-28)27(23-15-19(25)10-13-22(23)26)29-20-11-8-18(24)9-12-20/h2-3,5,7-13,15-16,28H,4,6,14H2,1H3. The maximum absolute atomic E-state index is 14.7. The monoisotopic (exact) mass is 433 g/mol. The minimum Gasteiger partial charge on any atom is -0.396 e. The zero-order valence-electron chi connectivity index (χ0n) is 16.0. The van der Waals surface area contributed by atoms with Crippen molar-refractivity contribution in [2.24, 2.45) is 0 Å². The van der Waals surface area contributed by atoms with Gasteiger partial charge in [0.15, 0.2) is 0 Å². The van der Waals surface area contributed by atoms with Crippen molar-refractivity contribution in [3.8, 4) is 0 Å². The van der Waals surface area contributed by atoms with E-state index in [0.29, 0.717) is 17.9 Å². The summed E-state index contributed by atoms with van der Waals surface area (Å²) in [6.45, 7) is 2.07. The number of rotatable bonds is 8. The SMILES string of the molecule is CC(c1ccccc1CCCO)N(Sc1ccc(Cl)cc1)c1cc(F)ccc1F. The highest BCUT2D eigenvalue weighted by atomic mass is 35.5. The second kappa shape index (κ2) is 10.1. The third-order valence-corrected chi connectivity index (χ3v) is 6.07. The van der Waals surface area contributed by atoms with E-state index >= 15 is 0 Å². The summed E-state index contributed by atoms with van der Waals surface area (Å²) >= 11 is 7.31. The van der Waals surface area contributed by atoms with Gasteiger partial charge < -0.3 is 9.41 Å². The van der Waals surface area contributed by atoms with Gasteiger partial charge in [-0.05, 0) is 79.2 Å². The summed E-state index contributed by atoms with van der Waals surface area (Å²) in [7, 11) is 0. The first-order valence-electron chi connectivity index (χ1n) is 9.36. The summed E-state index contributed by atoms with van der Waals surface area (Å²) in [4.78, 5) is 0.859. The predicted octanol–water partition coefficient (Wildman–Crippen LogP) is 6.82. The van der Waals surface area contributed by atoms with Gasteiger partial charge in [0.05, 0.1) is 11.7 Å². The highest BCUT2D eigenvalue weighted by Gasteiger charge is 2.23. The van der Waals surface area contributed by atoms with Crippen LogP contribution in [0, 0.1) is 11.6 Å². The van der Waals surface area contributed by atoms with E-state index in [1.807, 2.05) is 43.3 Å². The molecule has 1 unspecified atom stereocenters. The molecule has 0 bridgehead atoms. The van der Waals surface area contributed by atoms with Crippen LogP contribution < -0.4 is 4.31 Å². The van der Waals surface area contributed by atoms with Gasteiger partial charge in [-0.25, -0.2) is 8.78 Å². The van der Waals surface area contributed by atoms with E-state index in [0.717, 1.165) is 28.2 Å². The first-order chi connectivity index (χ1) is 14.0. The van der Waals surface area contributed by atoms with Crippen molar-refractivity contribution in [1.29, 1.82) is 0 Å². The fourth-order valence-corrected chi connectivity index (χ4v) is 4.29. The lowest BCUT2D eigenvalue weighted by Gasteiger charge is -2.32. The van der Waals surface area contributed by atoms with Gasteiger partial charge in [0.2, 0.25) is 0 Å². The molecular formula is C23H22ClF2NOS. The maximum atomic E-state index is 14.7. The largest absolute Gasteiger partial charge is 0.396 e. The third kappa shape index (κ3) is 5.50. The molecule has 0 heterocycles. The number of anilines is 1. The molecule has 2 nitrogen and oxygen atoms in total. The Hall–Kier alpha value is -2.08. The van der Waals surface area contributed by atoms with E-state index in [9.17, 15) is 13.9 Å². The van der Waals surface area contributed by atoms with Gasteiger partial charge >= 0.3 is 0 Å². The third-order valence-electron chi connectivity index (χ3n) is 4.62. The number of aliphatic hydroxyl groups excluding tert-OH is 1. The molecule has 29 heavy (non-hydrogen) atoms. The van der Waals surface area contributed by atoms with Gasteiger partial charge in [0.25, 0.3) is 0 Å². The molecule has 0 aromatic heterocycles. The number of hydrogen-bond acceptors (Lipinski definition) is 3. The van der Waals surface area contributed by atoms with Gasteiger partial charge in [0.1, 0.15) is 11.6 Å². The Bertz CT molecular complexity index is 952. The summed E-state index contributed by atoms with van der Waals surface area (Å²) in [5, 5.41) is 9.82. The van der Waals surface area contributed by atoms with Gasteiger partial charge in [0, 0.05) is 22.6 Å². The summed E-state index contributed by atoms with van der Waals surface area (Å²) in [6, 6.07) is 18.3. The number of aryl methyl sites for hydroxylation is 1. The lowest BCUT2D eigenvalue weighted by Crippen LogP contribution is -2.21. The molecule has 0 aliphatic rings. The summed E-state index contributed by atoms with van der Waals surface area (Å²) in [6.07, 6.45) is 1.35. The minimum atomic E-state index is -0.496. The Balaban J connectivity index is 2.02. The lowest BCUT2D eigenvalue weighted by molar-refractivity contribution is 0.288. The van der Waals surface area contributed by atoms with Gasteiger partial charge in [-0.1, -0.05) is 35.9 Å². The van der Waals surface area contributed by atoms with Crippen LogP contribution in [-0.4, -0.2) is 11.7 Å². The molecule has 0 spiro atoms. The molecule has 0 aliphatic heterocycles. The van der Waals surface area contributed by atoms with E-state index in [-0.39, 0.29) is 18.3 Å². The van der Waals surface area contributed by atoms with E-state index in [1.54, 1.807) is 16.4 Å². The Morgan fingerprint density at radius 3 is 2.48 bits per heavy atom. The number of nitrogens with zero attached hydrogens (tertiary/aromatic N) is 1. The Morgan fingerprint density at radius 1 is 1.03 bits per heavy atom. The van der Waals surface area contributed by atoms with E-state index < -0.39 is 11.6 Å². The van der Waals surface area contributed by atoms with Crippen molar-refractivity contribution in [2.75, 3.05) is 10.9 Å². The van der Waals surface area contributed by atoms with Crippen LogP contribution in [0.4, 0.5) is 14.5 Å². The maximum Gasteiger partial charge on any atom is 0.147 e. The average Bonchev–Trinajstić information content (AvgIpc) is 2.73. The van der Waals surface area contributed by atoms with Crippen LogP contribution in [-0.2, 0) is 6.42 Å². The molecule has 1 N–H and O–H groups in total. The molecule has 6 heteroatoms. The van der Waals surface area contributed by atoms with Crippen LogP contribution in [0.25, 0.3) is 0 Å². The molecule has 0 saturated heterocycles. The Labute approximate surface area is 179 Å². The normalized spacial score (nSPS) is 12.0. The van der Waals surface area contributed by atoms with E-state index in [1.165, 1.54) is 18.0 Å². The van der Waals surface area contributed by atoms with Gasteiger partial charge in [-0.15, -0.1) is 0 Å². The second-order valence-corrected chi connectivity index (χ2v) is 8.15. The quantitative estimate of drug-likeness (QED) is 0.394. The van der Waals surface area contributed by atoms with Gasteiger partial charge in [-0.2, -0.15) is 0 Å². The van der Waals surface area contributed by atoms with Crippen LogP contribution in [0.2, 0.25) is 5.02 Å². The van der Waals surface area contributed by atoms with Crippen molar-refractivity contribution in [3.63, 3.8) is 0 Å². The number of hydrogen-bond donors (Lipinski definition) is 1. The molecule has 1 atom stereocenters. The molecule has 0 saturated carbocycles. The number of aliphatic hydroxyl groups is 1. The van der Waals surface area contributed by atoms with E-state index in [2.05, 4.69) is 0 Å². The molecule has 0 radical (unpaired) electrons.